The average Bonchev–Trinajstić information content (AvgIpc) is 2.38. The van der Waals surface area contributed by atoms with E-state index in [9.17, 15) is 4.79 Å². The summed E-state index contributed by atoms with van der Waals surface area (Å²) in [6.45, 7) is 7.86. The van der Waals surface area contributed by atoms with Gasteiger partial charge in [-0.1, -0.05) is 17.7 Å². The van der Waals surface area contributed by atoms with E-state index in [2.05, 4.69) is 18.7 Å². The molecule has 3 nitrogen and oxygen atoms in total. The smallest absolute Gasteiger partial charge is 0.253 e. The van der Waals surface area contributed by atoms with Gasteiger partial charge in [-0.25, -0.2) is 0 Å². The molecule has 0 spiro atoms. The number of nitrogens with zero attached hydrogens (tertiary/aromatic N) is 2. The van der Waals surface area contributed by atoms with Crippen LogP contribution in [0.3, 0.4) is 0 Å². The van der Waals surface area contributed by atoms with Crippen molar-refractivity contribution in [2.75, 3.05) is 26.2 Å². The maximum Gasteiger partial charge on any atom is 0.253 e. The summed E-state index contributed by atoms with van der Waals surface area (Å²) in [5, 5.41) is 0.613. The van der Waals surface area contributed by atoms with E-state index in [1.165, 1.54) is 0 Å². The lowest BCUT2D eigenvalue weighted by molar-refractivity contribution is 0.0595. The molecule has 0 aliphatic carbocycles. The summed E-state index contributed by atoms with van der Waals surface area (Å²) in [7, 11) is 0. The molecule has 1 amide bonds. The van der Waals surface area contributed by atoms with Gasteiger partial charge in [0.1, 0.15) is 0 Å². The van der Waals surface area contributed by atoms with Gasteiger partial charge in [-0.2, -0.15) is 0 Å². The van der Waals surface area contributed by atoms with Crippen molar-refractivity contribution in [1.82, 2.24) is 9.80 Å². The molecule has 1 aromatic rings. The zero-order chi connectivity index (χ0) is 13.1. The maximum atomic E-state index is 12.3. The van der Waals surface area contributed by atoms with Gasteiger partial charge in [0, 0.05) is 42.8 Å². The van der Waals surface area contributed by atoms with E-state index in [4.69, 9.17) is 11.6 Å². The van der Waals surface area contributed by atoms with Crippen molar-refractivity contribution in [3.8, 4) is 0 Å². The first-order chi connectivity index (χ1) is 8.58. The molecule has 18 heavy (non-hydrogen) atoms. The molecule has 1 fully saturated rings. The fraction of sp³-hybridized carbons (Fsp3) is 0.500. The molecule has 4 heteroatoms. The normalized spacial score (nSPS) is 17.2. The van der Waals surface area contributed by atoms with E-state index < -0.39 is 0 Å². The quantitative estimate of drug-likeness (QED) is 0.821. The lowest BCUT2D eigenvalue weighted by Gasteiger charge is -2.37. The van der Waals surface area contributed by atoms with Crippen molar-refractivity contribution in [1.29, 1.82) is 0 Å². The molecular formula is C14H19ClN2O. The van der Waals surface area contributed by atoms with Crippen molar-refractivity contribution < 1.29 is 4.79 Å². The molecule has 0 unspecified atom stereocenters. The summed E-state index contributed by atoms with van der Waals surface area (Å²) in [6.07, 6.45) is 0. The zero-order valence-electron chi connectivity index (χ0n) is 10.9. The molecule has 0 radical (unpaired) electrons. The predicted molar refractivity (Wildman–Crippen MR) is 74.1 cm³/mol. The highest BCUT2D eigenvalue weighted by Gasteiger charge is 2.23. The van der Waals surface area contributed by atoms with Crippen LogP contribution in [-0.2, 0) is 0 Å². The summed E-state index contributed by atoms with van der Waals surface area (Å²) >= 11 is 5.91. The fourth-order valence-electron chi connectivity index (χ4n) is 2.25. The Hall–Kier alpha value is -1.06. The Balaban J connectivity index is 1.99. The second kappa shape index (κ2) is 5.72. The fourth-order valence-corrected chi connectivity index (χ4v) is 2.44. The number of hydrogen-bond donors (Lipinski definition) is 0. The number of halogens is 1. The number of amides is 1. The first-order valence-corrected chi connectivity index (χ1v) is 6.74. The van der Waals surface area contributed by atoms with Crippen LogP contribution in [0, 0.1) is 0 Å². The van der Waals surface area contributed by atoms with Gasteiger partial charge in [0.2, 0.25) is 0 Å². The maximum absolute atomic E-state index is 12.3. The third-order valence-corrected chi connectivity index (χ3v) is 3.64. The van der Waals surface area contributed by atoms with Gasteiger partial charge >= 0.3 is 0 Å². The Morgan fingerprint density at radius 2 is 1.89 bits per heavy atom. The third-order valence-electron chi connectivity index (χ3n) is 3.40. The van der Waals surface area contributed by atoms with Crippen LogP contribution in [0.5, 0.6) is 0 Å². The standard InChI is InChI=1S/C14H19ClN2O/c1-11(2)16-6-8-17(9-7-16)14(18)12-4-3-5-13(15)10-12/h3-5,10-11H,6-9H2,1-2H3. The summed E-state index contributed by atoms with van der Waals surface area (Å²) in [6, 6.07) is 7.71. The number of hydrogen-bond acceptors (Lipinski definition) is 2. The monoisotopic (exact) mass is 266 g/mol. The molecule has 2 rings (SSSR count). The molecule has 1 aliphatic rings. The van der Waals surface area contributed by atoms with Crippen molar-refractivity contribution >= 4 is 17.5 Å². The summed E-state index contributed by atoms with van der Waals surface area (Å²) in [5.74, 6) is 0.0842. The van der Waals surface area contributed by atoms with Gasteiger partial charge in [0.05, 0.1) is 0 Å². The van der Waals surface area contributed by atoms with Gasteiger partial charge in [-0.05, 0) is 32.0 Å². The van der Waals surface area contributed by atoms with Crippen LogP contribution in [0.4, 0.5) is 0 Å². The largest absolute Gasteiger partial charge is 0.336 e. The Morgan fingerprint density at radius 3 is 2.44 bits per heavy atom. The van der Waals surface area contributed by atoms with E-state index in [0.29, 0.717) is 16.6 Å². The van der Waals surface area contributed by atoms with Crippen molar-refractivity contribution in [2.24, 2.45) is 0 Å². The second-order valence-corrected chi connectivity index (χ2v) is 5.37. The Kier molecular flexibility index (Phi) is 4.25. The molecule has 1 saturated heterocycles. The van der Waals surface area contributed by atoms with E-state index in [1.807, 2.05) is 17.0 Å². The lowest BCUT2D eigenvalue weighted by Crippen LogP contribution is -2.50. The van der Waals surface area contributed by atoms with Gasteiger partial charge in [0.25, 0.3) is 5.91 Å². The lowest BCUT2D eigenvalue weighted by atomic mass is 10.1. The number of carbonyl (C=O) groups is 1. The van der Waals surface area contributed by atoms with Gasteiger partial charge < -0.3 is 4.90 Å². The average molecular weight is 267 g/mol. The van der Waals surface area contributed by atoms with Crippen LogP contribution >= 0.6 is 11.6 Å². The highest BCUT2D eigenvalue weighted by molar-refractivity contribution is 6.30. The van der Waals surface area contributed by atoms with E-state index in [1.54, 1.807) is 12.1 Å². The Bertz CT molecular complexity index is 426. The van der Waals surface area contributed by atoms with Crippen molar-refractivity contribution in [3.63, 3.8) is 0 Å². The number of benzene rings is 1. The van der Waals surface area contributed by atoms with Crippen LogP contribution in [0.15, 0.2) is 24.3 Å². The van der Waals surface area contributed by atoms with Crippen molar-refractivity contribution in [2.45, 2.75) is 19.9 Å². The Morgan fingerprint density at radius 1 is 1.22 bits per heavy atom. The SMILES string of the molecule is CC(C)N1CCN(C(=O)c2cccc(Cl)c2)CC1. The molecule has 0 saturated carbocycles. The molecular weight excluding hydrogens is 248 g/mol. The van der Waals surface area contributed by atoms with E-state index >= 15 is 0 Å². The first kappa shape index (κ1) is 13.4. The van der Waals surface area contributed by atoms with Gasteiger partial charge in [-0.3, -0.25) is 9.69 Å². The number of piperazine rings is 1. The Labute approximate surface area is 113 Å². The van der Waals surface area contributed by atoms with E-state index in [0.717, 1.165) is 26.2 Å². The summed E-state index contributed by atoms with van der Waals surface area (Å²) in [5.41, 5.74) is 0.681. The third kappa shape index (κ3) is 3.03. The molecule has 1 heterocycles. The second-order valence-electron chi connectivity index (χ2n) is 4.93. The van der Waals surface area contributed by atoms with Gasteiger partial charge in [0.15, 0.2) is 0 Å². The molecule has 0 aromatic heterocycles. The number of rotatable bonds is 2. The highest BCUT2D eigenvalue weighted by atomic mass is 35.5. The minimum Gasteiger partial charge on any atom is -0.336 e. The summed E-state index contributed by atoms with van der Waals surface area (Å²) in [4.78, 5) is 16.6. The van der Waals surface area contributed by atoms with Crippen LogP contribution in [0.25, 0.3) is 0 Å². The predicted octanol–water partition coefficient (Wildman–Crippen LogP) is 2.51. The van der Waals surface area contributed by atoms with Crippen LogP contribution in [0.2, 0.25) is 5.02 Å². The number of carbonyl (C=O) groups excluding carboxylic acids is 1. The van der Waals surface area contributed by atoms with Gasteiger partial charge in [-0.15, -0.1) is 0 Å². The molecule has 1 aliphatic heterocycles. The molecule has 98 valence electrons. The zero-order valence-corrected chi connectivity index (χ0v) is 11.7. The minimum atomic E-state index is 0.0842. The molecule has 1 aromatic carbocycles. The summed E-state index contributed by atoms with van der Waals surface area (Å²) < 4.78 is 0. The first-order valence-electron chi connectivity index (χ1n) is 6.37. The highest BCUT2D eigenvalue weighted by Crippen LogP contribution is 2.14. The van der Waals surface area contributed by atoms with Crippen LogP contribution in [0.1, 0.15) is 24.2 Å². The van der Waals surface area contributed by atoms with Crippen LogP contribution in [-0.4, -0.2) is 47.9 Å². The molecule has 0 bridgehead atoms. The van der Waals surface area contributed by atoms with Crippen molar-refractivity contribution in [3.05, 3.63) is 34.9 Å². The van der Waals surface area contributed by atoms with Crippen LogP contribution < -0.4 is 0 Å². The molecule has 0 N–H and O–H groups in total. The van der Waals surface area contributed by atoms with E-state index in [-0.39, 0.29) is 5.91 Å². The topological polar surface area (TPSA) is 23.6 Å². The minimum absolute atomic E-state index is 0.0842. The molecule has 0 atom stereocenters.